The van der Waals surface area contributed by atoms with E-state index in [1.165, 1.54) is 36.4 Å². The maximum atomic E-state index is 13.3. The number of rotatable bonds is 6. The molecule has 2 aromatic heterocycles. The number of carbonyl (C=O) groups excluding carboxylic acids is 1. The number of nitrogens with one attached hydrogen (secondary N) is 1. The molecule has 2 heterocycles. The van der Waals surface area contributed by atoms with Crippen molar-refractivity contribution in [1.82, 2.24) is 19.6 Å². The van der Waals surface area contributed by atoms with Gasteiger partial charge in [0.1, 0.15) is 17.3 Å². The highest BCUT2D eigenvalue weighted by atomic mass is 19.1. The Morgan fingerprint density at radius 3 is 2.36 bits per heavy atom. The Labute approximate surface area is 206 Å². The number of hydrogen-bond acceptors (Lipinski definition) is 4. The minimum absolute atomic E-state index is 0.0313. The highest BCUT2D eigenvalue weighted by Crippen LogP contribution is 2.26. The predicted octanol–water partition coefficient (Wildman–Crippen LogP) is 4.84. The van der Waals surface area contributed by atoms with E-state index in [4.69, 9.17) is 5.10 Å². The van der Waals surface area contributed by atoms with Crippen LogP contribution in [-0.4, -0.2) is 25.5 Å². The van der Waals surface area contributed by atoms with Gasteiger partial charge < -0.3 is 5.32 Å². The first-order chi connectivity index (χ1) is 17.5. The first-order valence-corrected chi connectivity index (χ1v) is 11.3. The molecule has 0 unspecified atom stereocenters. The van der Waals surface area contributed by atoms with Crippen molar-refractivity contribution in [2.45, 2.75) is 13.5 Å². The average Bonchev–Trinajstić information content (AvgIpc) is 3.27. The Bertz CT molecular complexity index is 1590. The summed E-state index contributed by atoms with van der Waals surface area (Å²) < 4.78 is 16.1. The van der Waals surface area contributed by atoms with Gasteiger partial charge in [-0.1, -0.05) is 54.6 Å². The van der Waals surface area contributed by atoms with Gasteiger partial charge in [0, 0.05) is 17.7 Å². The third kappa shape index (κ3) is 4.83. The van der Waals surface area contributed by atoms with Gasteiger partial charge in [-0.2, -0.15) is 14.9 Å². The van der Waals surface area contributed by atoms with Gasteiger partial charge >= 0.3 is 0 Å². The van der Waals surface area contributed by atoms with Crippen molar-refractivity contribution in [2.75, 3.05) is 5.32 Å². The number of carbonyl (C=O) groups is 1. The van der Waals surface area contributed by atoms with Gasteiger partial charge in [-0.15, -0.1) is 0 Å². The molecule has 3 aromatic carbocycles. The van der Waals surface area contributed by atoms with Crippen molar-refractivity contribution < 1.29 is 9.18 Å². The van der Waals surface area contributed by atoms with Crippen LogP contribution in [0.5, 0.6) is 0 Å². The largest absolute Gasteiger partial charge is 0.305 e. The third-order valence-corrected chi connectivity index (χ3v) is 5.72. The van der Waals surface area contributed by atoms with Crippen LogP contribution in [0.25, 0.3) is 16.9 Å². The molecule has 0 atom stereocenters. The molecule has 0 aliphatic carbocycles. The summed E-state index contributed by atoms with van der Waals surface area (Å²) in [6, 6.07) is 27.4. The molecule has 0 aliphatic rings. The molecule has 0 saturated heterocycles. The quantitative estimate of drug-likeness (QED) is 0.378. The molecule has 7 nitrogen and oxygen atoms in total. The lowest BCUT2D eigenvalue weighted by Gasteiger charge is -2.10. The molecule has 178 valence electrons. The van der Waals surface area contributed by atoms with Crippen molar-refractivity contribution in [3.63, 3.8) is 0 Å². The summed E-state index contributed by atoms with van der Waals surface area (Å²) in [5, 5.41) is 11.9. The highest BCUT2D eigenvalue weighted by molar-refractivity contribution is 6.02. The summed E-state index contributed by atoms with van der Waals surface area (Å²) in [7, 11) is 0. The number of aromatic nitrogens is 4. The van der Waals surface area contributed by atoms with E-state index < -0.39 is 17.3 Å². The lowest BCUT2D eigenvalue weighted by atomic mass is 10.1. The third-order valence-electron chi connectivity index (χ3n) is 5.72. The lowest BCUT2D eigenvalue weighted by Crippen LogP contribution is -2.25. The van der Waals surface area contributed by atoms with E-state index in [1.54, 1.807) is 4.68 Å². The maximum absolute atomic E-state index is 13.3. The van der Waals surface area contributed by atoms with Crippen LogP contribution in [0, 0.1) is 12.7 Å². The number of aryl methyl sites for hydroxylation is 1. The normalized spacial score (nSPS) is 10.8. The van der Waals surface area contributed by atoms with Gasteiger partial charge in [-0.3, -0.25) is 9.59 Å². The van der Waals surface area contributed by atoms with Gasteiger partial charge in [-0.25, -0.2) is 9.07 Å². The van der Waals surface area contributed by atoms with Crippen molar-refractivity contribution in [1.29, 1.82) is 0 Å². The Kier molecular flexibility index (Phi) is 6.23. The maximum Gasteiger partial charge on any atom is 0.277 e. The van der Waals surface area contributed by atoms with Crippen LogP contribution in [0.4, 0.5) is 10.2 Å². The second-order valence-electron chi connectivity index (χ2n) is 8.27. The summed E-state index contributed by atoms with van der Waals surface area (Å²) in [4.78, 5) is 25.5. The standard InChI is InChI=1S/C28H22FN5O2/c1-19-7-5-6-10-23(19)25-17-26(33(31-25)18-20-8-3-2-4-9-20)30-28(36)24-15-16-27(35)34(32-24)22-13-11-21(29)12-14-22/h2-17H,18H2,1H3,(H,30,36). The van der Waals surface area contributed by atoms with E-state index in [1.807, 2.05) is 67.6 Å². The van der Waals surface area contributed by atoms with Crippen molar-refractivity contribution >= 4 is 11.7 Å². The van der Waals surface area contributed by atoms with E-state index in [-0.39, 0.29) is 5.69 Å². The number of benzene rings is 3. The Balaban J connectivity index is 1.49. The van der Waals surface area contributed by atoms with Crippen LogP contribution in [-0.2, 0) is 6.54 Å². The highest BCUT2D eigenvalue weighted by Gasteiger charge is 2.17. The molecular weight excluding hydrogens is 457 g/mol. The zero-order chi connectivity index (χ0) is 25.1. The second kappa shape index (κ2) is 9.79. The summed E-state index contributed by atoms with van der Waals surface area (Å²) in [5.41, 5.74) is 3.72. The minimum Gasteiger partial charge on any atom is -0.305 e. The Morgan fingerprint density at radius 2 is 1.61 bits per heavy atom. The zero-order valence-corrected chi connectivity index (χ0v) is 19.4. The van der Waals surface area contributed by atoms with E-state index in [0.29, 0.717) is 18.1 Å². The summed E-state index contributed by atoms with van der Waals surface area (Å²) in [6.45, 7) is 2.46. The molecule has 0 radical (unpaired) electrons. The lowest BCUT2D eigenvalue weighted by molar-refractivity contribution is 0.101. The molecule has 1 amide bonds. The fourth-order valence-corrected chi connectivity index (χ4v) is 3.87. The monoisotopic (exact) mass is 479 g/mol. The smallest absolute Gasteiger partial charge is 0.277 e. The number of nitrogens with zero attached hydrogens (tertiary/aromatic N) is 4. The number of amides is 1. The summed E-state index contributed by atoms with van der Waals surface area (Å²) in [6.07, 6.45) is 0. The average molecular weight is 480 g/mol. The van der Waals surface area contributed by atoms with Gasteiger partial charge in [0.2, 0.25) is 0 Å². The van der Waals surface area contributed by atoms with Gasteiger partial charge in [-0.05, 0) is 48.4 Å². The molecule has 8 heteroatoms. The summed E-state index contributed by atoms with van der Waals surface area (Å²) >= 11 is 0. The van der Waals surface area contributed by atoms with Gasteiger partial charge in [0.25, 0.3) is 11.5 Å². The molecule has 0 bridgehead atoms. The van der Waals surface area contributed by atoms with Crippen LogP contribution >= 0.6 is 0 Å². The van der Waals surface area contributed by atoms with E-state index in [9.17, 15) is 14.0 Å². The number of halogens is 1. The van der Waals surface area contributed by atoms with E-state index >= 15 is 0 Å². The number of anilines is 1. The Morgan fingerprint density at radius 1 is 0.889 bits per heavy atom. The molecule has 1 N–H and O–H groups in total. The molecule has 5 aromatic rings. The van der Waals surface area contributed by atoms with Crippen LogP contribution < -0.4 is 10.9 Å². The van der Waals surface area contributed by atoms with Gasteiger partial charge in [0.15, 0.2) is 0 Å². The second-order valence-corrected chi connectivity index (χ2v) is 8.27. The predicted molar refractivity (Wildman–Crippen MR) is 136 cm³/mol. The van der Waals surface area contributed by atoms with Crippen LogP contribution in [0.2, 0.25) is 0 Å². The topological polar surface area (TPSA) is 81.8 Å². The van der Waals surface area contributed by atoms with Crippen LogP contribution in [0.3, 0.4) is 0 Å². The molecule has 5 rings (SSSR count). The first kappa shape index (κ1) is 22.9. The molecule has 0 fully saturated rings. The molecule has 0 saturated carbocycles. The summed E-state index contributed by atoms with van der Waals surface area (Å²) in [5.74, 6) is -0.448. The molecule has 0 aliphatic heterocycles. The zero-order valence-electron chi connectivity index (χ0n) is 19.4. The molecule has 0 spiro atoms. The van der Waals surface area contributed by atoms with Crippen LogP contribution in [0.15, 0.2) is 102 Å². The Hall–Kier alpha value is -4.85. The number of hydrogen-bond donors (Lipinski definition) is 1. The van der Waals surface area contributed by atoms with E-state index in [0.717, 1.165) is 27.1 Å². The van der Waals surface area contributed by atoms with Gasteiger partial charge in [0.05, 0.1) is 17.9 Å². The van der Waals surface area contributed by atoms with Crippen LogP contribution in [0.1, 0.15) is 21.6 Å². The van der Waals surface area contributed by atoms with E-state index in [2.05, 4.69) is 10.4 Å². The fourth-order valence-electron chi connectivity index (χ4n) is 3.87. The van der Waals surface area contributed by atoms with Crippen molar-refractivity contribution in [3.05, 3.63) is 130 Å². The SMILES string of the molecule is Cc1ccccc1-c1cc(NC(=O)c2ccc(=O)n(-c3ccc(F)cc3)n2)n(Cc2ccccc2)n1. The fraction of sp³-hybridized carbons (Fsp3) is 0.0714. The first-order valence-electron chi connectivity index (χ1n) is 11.3. The molecular formula is C28H22FN5O2. The minimum atomic E-state index is -0.503. The molecule has 36 heavy (non-hydrogen) atoms. The van der Waals surface area contributed by atoms with Crippen molar-refractivity contribution in [3.8, 4) is 16.9 Å². The van der Waals surface area contributed by atoms with Crippen molar-refractivity contribution in [2.24, 2.45) is 0 Å².